The van der Waals surface area contributed by atoms with Gasteiger partial charge in [-0.1, -0.05) is 6.07 Å². The summed E-state index contributed by atoms with van der Waals surface area (Å²) in [6.07, 6.45) is 0. The van der Waals surface area contributed by atoms with Crippen molar-refractivity contribution in [3.05, 3.63) is 36.0 Å². The average molecular weight is 246 g/mol. The van der Waals surface area contributed by atoms with E-state index in [1.807, 2.05) is 6.92 Å². The van der Waals surface area contributed by atoms with Gasteiger partial charge >= 0.3 is 0 Å². The monoisotopic (exact) mass is 246 g/mol. The first-order chi connectivity index (χ1) is 6.97. The molecule has 0 unspecified atom stereocenters. The molecule has 0 saturated carbocycles. The van der Waals surface area contributed by atoms with Gasteiger partial charge in [0.25, 0.3) is 10.1 Å². The normalized spacial score (nSPS) is 11.1. The molecule has 2 rings (SSSR count). The molecular weight excluding hydrogens is 237 g/mol. The van der Waals surface area contributed by atoms with Gasteiger partial charge in [-0.25, -0.2) is 0 Å². The van der Waals surface area contributed by atoms with Gasteiger partial charge in [-0.3, -0.25) is 9.54 Å². The van der Waals surface area contributed by atoms with Gasteiger partial charge in [-0.05, 0) is 31.2 Å². The number of aryl methyl sites for hydroxylation is 1. The smallest absolute Gasteiger partial charge is 0.282 e. The predicted octanol–water partition coefficient (Wildman–Crippen LogP) is 1.41. The zero-order chi connectivity index (χ0) is 11.1. The van der Waals surface area contributed by atoms with Gasteiger partial charge in [-0.15, -0.1) is 0 Å². The van der Waals surface area contributed by atoms with E-state index < -0.39 is 10.1 Å². The molecule has 0 fully saturated rings. The second-order valence-electron chi connectivity index (χ2n) is 3.28. The molecule has 79 valence electrons. The van der Waals surface area contributed by atoms with Gasteiger partial charge < -0.3 is 0 Å². The van der Waals surface area contributed by atoms with Crippen LogP contribution in [0, 0.1) is 6.92 Å². The van der Waals surface area contributed by atoms with Crippen molar-refractivity contribution in [3.63, 3.8) is 0 Å². The molecule has 0 aliphatic rings. The van der Waals surface area contributed by atoms with Crippen molar-refractivity contribution < 1.29 is 13.0 Å². The first-order valence-electron chi connectivity index (χ1n) is 4.32. The second-order valence-corrected chi connectivity index (χ2v) is 4.70. The molecule has 1 N–H and O–H groups in total. The van der Waals surface area contributed by atoms with Gasteiger partial charge in [0.1, 0.15) is 0 Å². The largest absolute Gasteiger partial charge is 0.294 e. The Morgan fingerprint density at radius 3 is 2.50 bits per heavy atom. The van der Waals surface area contributed by atoms with E-state index in [1.54, 1.807) is 18.2 Å². The molecule has 0 atom stereocenters. The molecule has 1 aromatic carbocycles. The molecule has 0 amide bonds. The van der Waals surface area contributed by atoms with Gasteiger partial charge in [0.05, 0.1) is 10.4 Å². The zero-order valence-corrected chi connectivity index (χ0v) is 11.8. The Kier molecular flexibility index (Phi) is 4.09. The van der Waals surface area contributed by atoms with Crippen molar-refractivity contribution in [2.45, 2.75) is 11.8 Å². The molecule has 0 saturated heterocycles. The fourth-order valence-corrected chi connectivity index (χ4v) is 1.88. The van der Waals surface area contributed by atoms with Gasteiger partial charge in [-0.2, -0.15) is 8.42 Å². The van der Waals surface area contributed by atoms with E-state index in [0.717, 1.165) is 5.69 Å². The van der Waals surface area contributed by atoms with Crippen LogP contribution in [0.1, 0.15) is 5.69 Å². The maximum atomic E-state index is 10.9. The summed E-state index contributed by atoms with van der Waals surface area (Å²) in [5, 5.41) is 0.690. The summed E-state index contributed by atoms with van der Waals surface area (Å²) in [5.41, 5.74) is 1.57. The molecule has 1 radical (unpaired) electrons. The van der Waals surface area contributed by atoms with Crippen LogP contribution in [0.5, 0.6) is 0 Å². The fourth-order valence-electron chi connectivity index (χ4n) is 1.37. The molecule has 16 heavy (non-hydrogen) atoms. The van der Waals surface area contributed by atoms with Crippen LogP contribution in [0.4, 0.5) is 0 Å². The minimum atomic E-state index is -4.13. The number of fused-ring (bicyclic) bond motifs is 1. The Labute approximate surface area is 116 Å². The molecule has 0 spiro atoms. The predicted molar refractivity (Wildman–Crippen MR) is 62.0 cm³/mol. The first-order valence-corrected chi connectivity index (χ1v) is 5.76. The quantitative estimate of drug-likeness (QED) is 0.610. The zero-order valence-electron chi connectivity index (χ0n) is 9.01. The first kappa shape index (κ1) is 13.6. The molecule has 6 heteroatoms. The molecule has 1 aromatic heterocycles. The number of hydrogen-bond donors (Lipinski definition) is 1. The van der Waals surface area contributed by atoms with Crippen molar-refractivity contribution in [2.75, 3.05) is 0 Å². The third-order valence-electron chi connectivity index (χ3n) is 2.10. The Morgan fingerprint density at radius 1 is 1.19 bits per heavy atom. The summed E-state index contributed by atoms with van der Waals surface area (Å²) in [7, 11) is -4.13. The third kappa shape index (κ3) is 2.81. The maximum Gasteiger partial charge on any atom is 0.294 e. The van der Waals surface area contributed by atoms with Crippen LogP contribution in [0.25, 0.3) is 10.9 Å². The minimum Gasteiger partial charge on any atom is -0.282 e. The summed E-state index contributed by atoms with van der Waals surface area (Å²) in [6.45, 7) is 1.86. The summed E-state index contributed by atoms with van der Waals surface area (Å²) in [5.74, 6) is 0. The molecule has 0 bridgehead atoms. The molecule has 4 nitrogen and oxygen atoms in total. The van der Waals surface area contributed by atoms with E-state index in [-0.39, 0.29) is 34.5 Å². The van der Waals surface area contributed by atoms with Crippen LogP contribution in [-0.4, -0.2) is 47.5 Å². The van der Waals surface area contributed by atoms with E-state index in [1.165, 1.54) is 12.1 Å². The second kappa shape index (κ2) is 4.81. The van der Waals surface area contributed by atoms with Crippen molar-refractivity contribution in [1.82, 2.24) is 4.98 Å². The average Bonchev–Trinajstić information content (AvgIpc) is 2.15. The summed E-state index contributed by atoms with van der Waals surface area (Å²) in [6, 6.07) is 7.87. The number of pyridine rings is 1. The van der Waals surface area contributed by atoms with Gasteiger partial charge in [0.2, 0.25) is 0 Å². The maximum absolute atomic E-state index is 10.9. The number of nitrogens with zero attached hydrogens (tertiary/aromatic N) is 1. The van der Waals surface area contributed by atoms with Crippen LogP contribution >= 0.6 is 0 Å². The van der Waals surface area contributed by atoms with E-state index in [4.69, 9.17) is 4.55 Å². The Bertz CT molecular complexity index is 625. The van der Waals surface area contributed by atoms with Crippen molar-refractivity contribution in [1.29, 1.82) is 0 Å². The summed E-state index contributed by atoms with van der Waals surface area (Å²) in [4.78, 5) is 4.11. The standard InChI is InChI=1S/C10H9NO3S.Na/c1-7-2-3-8-6-9(15(12,13)14)4-5-10(8)11-7;/h2-6H,1H3,(H,12,13,14);. The van der Waals surface area contributed by atoms with Crippen LogP contribution in [0.2, 0.25) is 0 Å². The van der Waals surface area contributed by atoms with Gasteiger partial charge in [0, 0.05) is 40.6 Å². The molecule has 1 heterocycles. The van der Waals surface area contributed by atoms with E-state index in [0.29, 0.717) is 10.9 Å². The fraction of sp³-hybridized carbons (Fsp3) is 0.100. The molecule has 0 aliphatic carbocycles. The molecule has 2 aromatic rings. The molecule has 0 aliphatic heterocycles. The van der Waals surface area contributed by atoms with Crippen LogP contribution < -0.4 is 0 Å². The van der Waals surface area contributed by atoms with Crippen molar-refractivity contribution >= 4 is 50.6 Å². The number of benzene rings is 1. The number of hydrogen-bond acceptors (Lipinski definition) is 3. The van der Waals surface area contributed by atoms with Gasteiger partial charge in [0.15, 0.2) is 0 Å². The van der Waals surface area contributed by atoms with E-state index in [2.05, 4.69) is 4.98 Å². The van der Waals surface area contributed by atoms with Crippen molar-refractivity contribution in [3.8, 4) is 0 Å². The number of rotatable bonds is 1. The number of aromatic nitrogens is 1. The van der Waals surface area contributed by atoms with Crippen LogP contribution in [0.15, 0.2) is 35.2 Å². The van der Waals surface area contributed by atoms with Crippen LogP contribution in [0.3, 0.4) is 0 Å². The third-order valence-corrected chi connectivity index (χ3v) is 2.95. The van der Waals surface area contributed by atoms with Crippen LogP contribution in [-0.2, 0) is 10.1 Å². The SMILES string of the molecule is Cc1ccc2cc(S(=O)(=O)O)ccc2n1.[Na]. The summed E-state index contributed by atoms with van der Waals surface area (Å²) < 4.78 is 30.6. The molecular formula is C10H9NNaO3S. The Balaban J connectivity index is 0.00000128. The minimum absolute atomic E-state index is 0. The Hall–Kier alpha value is -0.460. The van der Waals surface area contributed by atoms with Crippen molar-refractivity contribution in [2.24, 2.45) is 0 Å². The topological polar surface area (TPSA) is 67.3 Å². The summed E-state index contributed by atoms with van der Waals surface area (Å²) >= 11 is 0. The van der Waals surface area contributed by atoms with E-state index >= 15 is 0 Å². The Morgan fingerprint density at radius 2 is 1.88 bits per heavy atom. The van der Waals surface area contributed by atoms with E-state index in [9.17, 15) is 8.42 Å².